The number of nitrogens with two attached hydrogens (primary N) is 1. The second kappa shape index (κ2) is 5.82. The van der Waals surface area contributed by atoms with Gasteiger partial charge in [0.25, 0.3) is 0 Å². The van der Waals surface area contributed by atoms with Crippen molar-refractivity contribution in [2.75, 3.05) is 12.3 Å². The Labute approximate surface area is 125 Å². The first-order chi connectivity index (χ1) is 9.67. The molecule has 20 heavy (non-hydrogen) atoms. The van der Waals surface area contributed by atoms with Crippen LogP contribution in [0.2, 0.25) is 5.02 Å². The van der Waals surface area contributed by atoms with Crippen molar-refractivity contribution in [1.82, 2.24) is 0 Å². The lowest BCUT2D eigenvalue weighted by atomic mass is 9.79. The highest BCUT2D eigenvalue weighted by Crippen LogP contribution is 2.40. The molecule has 1 unspecified atom stereocenters. The number of benzene rings is 1. The summed E-state index contributed by atoms with van der Waals surface area (Å²) in [6.07, 6.45) is 8.28. The van der Waals surface area contributed by atoms with E-state index in [1.54, 1.807) is 18.2 Å². The monoisotopic (exact) mass is 295 g/mol. The largest absolute Gasteiger partial charge is 0.488 e. The summed E-state index contributed by atoms with van der Waals surface area (Å²) in [7, 11) is 0. The number of halogens is 1. The highest BCUT2D eigenvalue weighted by atomic mass is 35.5. The maximum Gasteiger partial charge on any atom is 0.144 e. The van der Waals surface area contributed by atoms with Gasteiger partial charge >= 0.3 is 0 Å². The quantitative estimate of drug-likeness (QED) is 0.832. The molecule has 1 aromatic rings. The Hall–Kier alpha value is -0.930. The molecule has 1 atom stereocenters. The molecule has 0 aromatic heterocycles. The van der Waals surface area contributed by atoms with Crippen LogP contribution in [0.5, 0.6) is 5.75 Å². The maximum absolute atomic E-state index is 6.11. The minimum atomic E-state index is 0.0501. The van der Waals surface area contributed by atoms with Gasteiger partial charge in [0.05, 0.1) is 17.9 Å². The van der Waals surface area contributed by atoms with Crippen LogP contribution >= 0.6 is 11.6 Å². The molecule has 0 amide bonds. The van der Waals surface area contributed by atoms with E-state index in [1.807, 2.05) is 0 Å². The molecule has 3 rings (SSSR count). The van der Waals surface area contributed by atoms with Crippen molar-refractivity contribution in [1.29, 1.82) is 0 Å². The van der Waals surface area contributed by atoms with Crippen LogP contribution in [0.15, 0.2) is 18.2 Å². The van der Waals surface area contributed by atoms with Gasteiger partial charge in [0.1, 0.15) is 11.9 Å². The number of hydrogen-bond acceptors (Lipinski definition) is 3. The summed E-state index contributed by atoms with van der Waals surface area (Å²) < 4.78 is 12.2. The maximum atomic E-state index is 6.11. The van der Waals surface area contributed by atoms with Crippen LogP contribution in [-0.4, -0.2) is 18.3 Å². The number of anilines is 1. The van der Waals surface area contributed by atoms with Gasteiger partial charge in [-0.1, -0.05) is 30.9 Å². The number of hydrogen-bond donors (Lipinski definition) is 1. The van der Waals surface area contributed by atoms with Gasteiger partial charge in [-0.2, -0.15) is 0 Å². The van der Waals surface area contributed by atoms with Crippen molar-refractivity contribution < 1.29 is 9.47 Å². The summed E-state index contributed by atoms with van der Waals surface area (Å²) in [5.74, 6) is 0.704. The third-order valence-electron chi connectivity index (χ3n) is 4.48. The molecular formula is C16H22ClNO2. The Kier molecular flexibility index (Phi) is 4.08. The Morgan fingerprint density at radius 3 is 2.85 bits per heavy atom. The van der Waals surface area contributed by atoms with Gasteiger partial charge in [-0.15, -0.1) is 0 Å². The molecule has 1 spiro atoms. The number of ether oxygens (including phenoxy) is 2. The summed E-state index contributed by atoms with van der Waals surface area (Å²) in [4.78, 5) is 0. The highest BCUT2D eigenvalue weighted by Gasteiger charge is 2.39. The molecule has 2 aliphatic rings. The van der Waals surface area contributed by atoms with Crippen LogP contribution < -0.4 is 10.5 Å². The number of nitrogen functional groups attached to an aromatic ring is 1. The molecule has 1 saturated carbocycles. The summed E-state index contributed by atoms with van der Waals surface area (Å²) in [5.41, 5.74) is 6.66. The molecule has 2 N–H and O–H groups in total. The van der Waals surface area contributed by atoms with E-state index in [0.29, 0.717) is 16.5 Å². The van der Waals surface area contributed by atoms with Crippen molar-refractivity contribution in [3.63, 3.8) is 0 Å². The second-order valence-electron chi connectivity index (χ2n) is 6.01. The highest BCUT2D eigenvalue weighted by molar-refractivity contribution is 6.30. The average Bonchev–Trinajstić information content (AvgIpc) is 2.44. The zero-order chi connectivity index (χ0) is 14.0. The minimum Gasteiger partial charge on any atom is -0.488 e. The Balaban J connectivity index is 1.69. The second-order valence-corrected chi connectivity index (χ2v) is 6.44. The molecule has 1 aliphatic carbocycles. The van der Waals surface area contributed by atoms with E-state index in [-0.39, 0.29) is 11.7 Å². The standard InChI is InChI=1S/C16H22ClNO2/c17-12-4-5-14(18)15(10-12)20-13-6-9-19-16(11-13)7-2-1-3-8-16/h4-5,10,13H,1-3,6-9,11,18H2. The fraction of sp³-hybridized carbons (Fsp3) is 0.625. The summed E-state index contributed by atoms with van der Waals surface area (Å²) in [6.45, 7) is 0.783. The van der Waals surface area contributed by atoms with Crippen LogP contribution in [0.4, 0.5) is 5.69 Å². The number of rotatable bonds is 2. The van der Waals surface area contributed by atoms with Crippen LogP contribution in [-0.2, 0) is 4.74 Å². The molecule has 110 valence electrons. The molecule has 1 heterocycles. The van der Waals surface area contributed by atoms with Gasteiger partial charge < -0.3 is 15.2 Å². The predicted octanol–water partition coefficient (Wildman–Crippen LogP) is 4.18. The lowest BCUT2D eigenvalue weighted by Gasteiger charge is -2.43. The molecule has 4 heteroatoms. The van der Waals surface area contributed by atoms with Crippen LogP contribution in [0, 0.1) is 0 Å². The minimum absolute atomic E-state index is 0.0501. The fourth-order valence-corrected chi connectivity index (χ4v) is 3.58. The summed E-state index contributed by atoms with van der Waals surface area (Å²) >= 11 is 6.02. The summed E-state index contributed by atoms with van der Waals surface area (Å²) in [6, 6.07) is 5.39. The third-order valence-corrected chi connectivity index (χ3v) is 4.72. The third kappa shape index (κ3) is 3.04. The van der Waals surface area contributed by atoms with Crippen LogP contribution in [0.3, 0.4) is 0 Å². The van der Waals surface area contributed by atoms with Gasteiger partial charge in [0.15, 0.2) is 0 Å². The normalized spacial score (nSPS) is 25.6. The van der Waals surface area contributed by atoms with Crippen LogP contribution in [0.1, 0.15) is 44.9 Å². The SMILES string of the molecule is Nc1ccc(Cl)cc1OC1CCOC2(CCCCC2)C1. The lowest BCUT2D eigenvalue weighted by Crippen LogP contribution is -2.45. The zero-order valence-electron chi connectivity index (χ0n) is 11.7. The fourth-order valence-electron chi connectivity index (χ4n) is 3.42. The molecule has 1 saturated heterocycles. The molecule has 1 aliphatic heterocycles. The van der Waals surface area contributed by atoms with Crippen molar-refractivity contribution >= 4 is 17.3 Å². The first kappa shape index (κ1) is 14.0. The van der Waals surface area contributed by atoms with E-state index in [1.165, 1.54) is 19.3 Å². The van der Waals surface area contributed by atoms with Crippen LogP contribution in [0.25, 0.3) is 0 Å². The molecule has 1 aromatic carbocycles. The average molecular weight is 296 g/mol. The molecular weight excluding hydrogens is 274 g/mol. The van der Waals surface area contributed by atoms with Crippen molar-refractivity contribution in [2.24, 2.45) is 0 Å². The van der Waals surface area contributed by atoms with E-state index in [0.717, 1.165) is 32.3 Å². The first-order valence-electron chi connectivity index (χ1n) is 7.53. The Morgan fingerprint density at radius 1 is 1.25 bits per heavy atom. The first-order valence-corrected chi connectivity index (χ1v) is 7.90. The van der Waals surface area contributed by atoms with Crippen molar-refractivity contribution in [3.05, 3.63) is 23.2 Å². The van der Waals surface area contributed by atoms with Gasteiger partial charge in [0.2, 0.25) is 0 Å². The molecule has 0 bridgehead atoms. The van der Waals surface area contributed by atoms with Gasteiger partial charge in [0, 0.05) is 23.9 Å². The van der Waals surface area contributed by atoms with Gasteiger partial charge in [-0.05, 0) is 25.0 Å². The predicted molar refractivity (Wildman–Crippen MR) is 81.3 cm³/mol. The summed E-state index contributed by atoms with van der Waals surface area (Å²) in [5, 5.41) is 0.661. The Bertz CT molecular complexity index is 466. The van der Waals surface area contributed by atoms with Crippen molar-refractivity contribution in [3.8, 4) is 5.75 Å². The topological polar surface area (TPSA) is 44.5 Å². The molecule has 0 radical (unpaired) electrons. The van der Waals surface area contributed by atoms with Crippen molar-refractivity contribution in [2.45, 2.75) is 56.7 Å². The molecule has 3 nitrogen and oxygen atoms in total. The Morgan fingerprint density at radius 2 is 2.05 bits per heavy atom. The van der Waals surface area contributed by atoms with E-state index in [9.17, 15) is 0 Å². The van der Waals surface area contributed by atoms with E-state index >= 15 is 0 Å². The van der Waals surface area contributed by atoms with Gasteiger partial charge in [-0.3, -0.25) is 0 Å². The van der Waals surface area contributed by atoms with E-state index < -0.39 is 0 Å². The zero-order valence-corrected chi connectivity index (χ0v) is 12.5. The van der Waals surface area contributed by atoms with E-state index in [4.69, 9.17) is 26.8 Å². The van der Waals surface area contributed by atoms with Gasteiger partial charge in [-0.25, -0.2) is 0 Å². The van der Waals surface area contributed by atoms with E-state index in [2.05, 4.69) is 0 Å². The smallest absolute Gasteiger partial charge is 0.144 e. The molecule has 2 fully saturated rings. The lowest BCUT2D eigenvalue weighted by molar-refractivity contribution is -0.129.